The van der Waals surface area contributed by atoms with Crippen molar-refractivity contribution >= 4 is 11.9 Å². The van der Waals surface area contributed by atoms with E-state index in [2.05, 4.69) is 0 Å². The molecule has 1 heterocycles. The molecule has 0 spiro atoms. The van der Waals surface area contributed by atoms with Crippen LogP contribution in [0, 0.1) is 6.92 Å². The summed E-state index contributed by atoms with van der Waals surface area (Å²) in [4.78, 5) is 26.9. The summed E-state index contributed by atoms with van der Waals surface area (Å²) >= 11 is 0. The van der Waals surface area contributed by atoms with Crippen molar-refractivity contribution in [2.24, 2.45) is 0 Å². The molecule has 2 unspecified atom stereocenters. The molecule has 1 N–H and O–H groups in total. The summed E-state index contributed by atoms with van der Waals surface area (Å²) in [7, 11) is 1.57. The molecule has 25 heavy (non-hydrogen) atoms. The average Bonchev–Trinajstić information content (AvgIpc) is 2.61. The maximum atomic E-state index is 13.1. The number of ether oxygens (including phenoxy) is 1. The zero-order valence-electron chi connectivity index (χ0n) is 14.3. The molecule has 0 saturated heterocycles. The highest BCUT2D eigenvalue weighted by Crippen LogP contribution is 2.43. The van der Waals surface area contributed by atoms with Gasteiger partial charge in [-0.1, -0.05) is 42.5 Å². The number of amides is 1. The summed E-state index contributed by atoms with van der Waals surface area (Å²) in [6, 6.07) is 14.0. The fraction of sp³-hybridized carbons (Fsp3) is 0.300. The number of carbonyl (C=O) groups is 2. The summed E-state index contributed by atoms with van der Waals surface area (Å²) in [5.41, 5.74) is 2.85. The van der Waals surface area contributed by atoms with Crippen LogP contribution in [0.4, 0.5) is 0 Å². The summed E-state index contributed by atoms with van der Waals surface area (Å²) in [6.45, 7) is 2.63. The van der Waals surface area contributed by atoms with Crippen LogP contribution in [0.25, 0.3) is 0 Å². The number of hydrogen-bond donors (Lipinski definition) is 1. The number of fused-ring (bicyclic) bond motifs is 1. The Morgan fingerprint density at radius 3 is 2.40 bits per heavy atom. The predicted octanol–water partition coefficient (Wildman–Crippen LogP) is 3.01. The number of nitrogens with zero attached hydrogens (tertiary/aromatic N) is 1. The van der Waals surface area contributed by atoms with E-state index in [0.29, 0.717) is 24.3 Å². The van der Waals surface area contributed by atoms with Gasteiger partial charge in [0.2, 0.25) is 0 Å². The Labute approximate surface area is 146 Å². The third kappa shape index (κ3) is 3.03. The van der Waals surface area contributed by atoms with Crippen LogP contribution in [-0.4, -0.2) is 42.1 Å². The number of methoxy groups -OCH3 is 1. The lowest BCUT2D eigenvalue weighted by atomic mass is 9.78. The largest absolute Gasteiger partial charge is 0.481 e. The highest BCUT2D eigenvalue weighted by Gasteiger charge is 2.44. The molecule has 0 fully saturated rings. The number of hydrogen-bond acceptors (Lipinski definition) is 3. The van der Waals surface area contributed by atoms with Crippen LogP contribution in [0.1, 0.15) is 39.0 Å². The fourth-order valence-electron chi connectivity index (χ4n) is 3.56. The Morgan fingerprint density at radius 2 is 1.76 bits per heavy atom. The van der Waals surface area contributed by atoms with Gasteiger partial charge < -0.3 is 14.7 Å². The number of benzene rings is 2. The number of aliphatic carboxylic acids is 1. The molecule has 1 aliphatic heterocycles. The van der Waals surface area contributed by atoms with Gasteiger partial charge in [0.25, 0.3) is 5.91 Å². The second-order valence-electron chi connectivity index (χ2n) is 6.20. The summed E-state index contributed by atoms with van der Waals surface area (Å²) in [5, 5.41) is 9.97. The molecule has 3 rings (SSSR count). The molecule has 1 amide bonds. The minimum absolute atomic E-state index is 0.154. The molecule has 0 aromatic heterocycles. The summed E-state index contributed by atoms with van der Waals surface area (Å²) in [6.07, 6.45) is 0. The van der Waals surface area contributed by atoms with Gasteiger partial charge in [-0.15, -0.1) is 0 Å². The molecule has 0 radical (unpaired) electrons. The van der Waals surface area contributed by atoms with E-state index in [9.17, 15) is 14.7 Å². The first-order chi connectivity index (χ1) is 12.1. The van der Waals surface area contributed by atoms with Gasteiger partial charge in [-0.2, -0.15) is 0 Å². The fourth-order valence-corrected chi connectivity index (χ4v) is 3.56. The Morgan fingerprint density at radius 1 is 1.12 bits per heavy atom. The van der Waals surface area contributed by atoms with E-state index >= 15 is 0 Å². The molecule has 2 aromatic rings. The lowest BCUT2D eigenvalue weighted by molar-refractivity contribution is -0.140. The molecule has 5 heteroatoms. The molecule has 0 aliphatic carbocycles. The standard InChI is InChI=1S/C20H21NO4/c1-13-7-3-4-8-14(13)18-17(20(23)24)15-9-5-6-10-16(15)19(22)21(18)11-12-25-2/h3-10,17-18H,11-12H2,1-2H3,(H,23,24). The number of carboxylic acid groups (broad SMARTS) is 1. The van der Waals surface area contributed by atoms with E-state index < -0.39 is 17.9 Å². The normalized spacial score (nSPS) is 19.6. The number of carbonyl (C=O) groups excluding carboxylic acids is 1. The van der Waals surface area contributed by atoms with Crippen molar-refractivity contribution in [1.82, 2.24) is 4.90 Å². The van der Waals surface area contributed by atoms with E-state index in [1.165, 1.54) is 0 Å². The maximum Gasteiger partial charge on any atom is 0.313 e. The van der Waals surface area contributed by atoms with Crippen molar-refractivity contribution < 1.29 is 19.4 Å². The first-order valence-corrected chi connectivity index (χ1v) is 8.23. The Hall–Kier alpha value is -2.66. The third-order valence-electron chi connectivity index (χ3n) is 4.75. The monoisotopic (exact) mass is 339 g/mol. The second-order valence-corrected chi connectivity index (χ2v) is 6.20. The molecule has 0 saturated carbocycles. The Balaban J connectivity index is 2.21. The minimum Gasteiger partial charge on any atom is -0.481 e. The SMILES string of the molecule is COCCN1C(=O)c2ccccc2C(C(=O)O)C1c1ccccc1C. The van der Waals surface area contributed by atoms with Crippen molar-refractivity contribution in [3.05, 3.63) is 70.8 Å². The van der Waals surface area contributed by atoms with Gasteiger partial charge >= 0.3 is 5.97 Å². The molecule has 2 aromatic carbocycles. The zero-order chi connectivity index (χ0) is 18.0. The third-order valence-corrected chi connectivity index (χ3v) is 4.75. The molecular formula is C20H21NO4. The van der Waals surface area contributed by atoms with Gasteiger partial charge in [0.15, 0.2) is 0 Å². The average molecular weight is 339 g/mol. The van der Waals surface area contributed by atoms with Gasteiger partial charge in [0, 0.05) is 19.2 Å². The second kappa shape index (κ2) is 7.07. The number of carboxylic acids is 1. The van der Waals surface area contributed by atoms with Crippen molar-refractivity contribution in [3.8, 4) is 0 Å². The van der Waals surface area contributed by atoms with Crippen molar-refractivity contribution in [3.63, 3.8) is 0 Å². The van der Waals surface area contributed by atoms with Crippen molar-refractivity contribution in [1.29, 1.82) is 0 Å². The van der Waals surface area contributed by atoms with Crippen LogP contribution in [0.5, 0.6) is 0 Å². The maximum absolute atomic E-state index is 13.1. The zero-order valence-corrected chi connectivity index (χ0v) is 14.3. The van der Waals surface area contributed by atoms with E-state index in [-0.39, 0.29) is 5.91 Å². The van der Waals surface area contributed by atoms with Gasteiger partial charge in [-0.3, -0.25) is 9.59 Å². The Bertz CT molecular complexity index is 802. The molecule has 2 atom stereocenters. The highest BCUT2D eigenvalue weighted by atomic mass is 16.5. The number of aryl methyl sites for hydroxylation is 1. The van der Waals surface area contributed by atoms with E-state index in [1.807, 2.05) is 31.2 Å². The summed E-state index contributed by atoms with van der Waals surface area (Å²) < 4.78 is 5.15. The van der Waals surface area contributed by atoms with E-state index in [1.54, 1.807) is 36.3 Å². The van der Waals surface area contributed by atoms with Crippen LogP contribution >= 0.6 is 0 Å². The van der Waals surface area contributed by atoms with Crippen LogP contribution in [-0.2, 0) is 9.53 Å². The lowest BCUT2D eigenvalue weighted by Gasteiger charge is -2.41. The molecule has 130 valence electrons. The van der Waals surface area contributed by atoms with Crippen LogP contribution < -0.4 is 0 Å². The van der Waals surface area contributed by atoms with Crippen LogP contribution in [0.2, 0.25) is 0 Å². The molecule has 1 aliphatic rings. The summed E-state index contributed by atoms with van der Waals surface area (Å²) in [5.74, 6) is -1.90. The Kier molecular flexibility index (Phi) is 4.86. The number of rotatable bonds is 5. The van der Waals surface area contributed by atoms with Gasteiger partial charge in [-0.05, 0) is 29.7 Å². The van der Waals surface area contributed by atoms with Gasteiger partial charge in [0.05, 0.1) is 12.6 Å². The van der Waals surface area contributed by atoms with Crippen LogP contribution in [0.3, 0.4) is 0 Å². The molecule has 5 nitrogen and oxygen atoms in total. The first-order valence-electron chi connectivity index (χ1n) is 8.23. The predicted molar refractivity (Wildman–Crippen MR) is 93.7 cm³/mol. The smallest absolute Gasteiger partial charge is 0.313 e. The van der Waals surface area contributed by atoms with E-state index in [0.717, 1.165) is 11.1 Å². The quantitative estimate of drug-likeness (QED) is 0.909. The minimum atomic E-state index is -0.935. The highest BCUT2D eigenvalue weighted by molar-refractivity contribution is 6.00. The van der Waals surface area contributed by atoms with E-state index in [4.69, 9.17) is 4.74 Å². The molecular weight excluding hydrogens is 318 g/mol. The van der Waals surface area contributed by atoms with Crippen molar-refractivity contribution in [2.75, 3.05) is 20.3 Å². The van der Waals surface area contributed by atoms with Gasteiger partial charge in [0.1, 0.15) is 5.92 Å². The lowest BCUT2D eigenvalue weighted by Crippen LogP contribution is -2.46. The topological polar surface area (TPSA) is 66.8 Å². The first kappa shape index (κ1) is 17.2. The van der Waals surface area contributed by atoms with Crippen LogP contribution in [0.15, 0.2) is 48.5 Å². The van der Waals surface area contributed by atoms with Gasteiger partial charge in [-0.25, -0.2) is 0 Å². The van der Waals surface area contributed by atoms with Crippen molar-refractivity contribution in [2.45, 2.75) is 18.9 Å². The molecule has 0 bridgehead atoms.